The molecule has 0 spiro atoms. The first-order valence-electron chi connectivity index (χ1n) is 6.97. The number of nitrogens with one attached hydrogen (secondary N) is 1. The molecule has 0 saturated heterocycles. The van der Waals surface area contributed by atoms with E-state index in [9.17, 15) is 9.18 Å². The van der Waals surface area contributed by atoms with E-state index in [1.165, 1.54) is 28.9 Å². The van der Waals surface area contributed by atoms with Gasteiger partial charge < -0.3 is 10.4 Å². The van der Waals surface area contributed by atoms with Crippen molar-refractivity contribution in [2.75, 3.05) is 11.9 Å². The van der Waals surface area contributed by atoms with E-state index < -0.39 is 5.82 Å². The molecule has 5 nitrogen and oxygen atoms in total. The Labute approximate surface area is 136 Å². The van der Waals surface area contributed by atoms with Crippen LogP contribution in [-0.2, 0) is 6.54 Å². The van der Waals surface area contributed by atoms with E-state index in [4.69, 9.17) is 5.11 Å². The van der Waals surface area contributed by atoms with Gasteiger partial charge in [0, 0.05) is 11.6 Å². The largest absolute Gasteiger partial charge is 0.394 e. The Balaban J connectivity index is 1.86. The molecule has 0 bridgehead atoms. The number of carbonyl (C=O) groups excluding carboxylic acids is 1. The Morgan fingerprint density at radius 3 is 2.74 bits per heavy atom. The molecular formula is C16H14FN3O2S. The predicted octanol–water partition coefficient (Wildman–Crippen LogP) is 3.00. The lowest BCUT2D eigenvalue weighted by molar-refractivity contribution is 0.102. The van der Waals surface area contributed by atoms with Gasteiger partial charge >= 0.3 is 0 Å². The maximum atomic E-state index is 12.9. The maximum Gasteiger partial charge on any atom is 0.256 e. The third-order valence-corrected chi connectivity index (χ3v) is 4.11. The van der Waals surface area contributed by atoms with Crippen molar-refractivity contribution >= 4 is 23.1 Å². The number of rotatable bonds is 5. The van der Waals surface area contributed by atoms with E-state index in [1.54, 1.807) is 17.4 Å². The minimum absolute atomic E-state index is 0.0923. The summed E-state index contributed by atoms with van der Waals surface area (Å²) in [4.78, 5) is 13.2. The Hall–Kier alpha value is -2.51. The highest BCUT2D eigenvalue weighted by Crippen LogP contribution is 2.26. The van der Waals surface area contributed by atoms with Crippen molar-refractivity contribution in [3.63, 3.8) is 0 Å². The molecule has 0 aliphatic carbocycles. The summed E-state index contributed by atoms with van der Waals surface area (Å²) in [5.74, 6) is -0.273. The second kappa shape index (κ2) is 6.72. The van der Waals surface area contributed by atoms with Crippen LogP contribution in [0.2, 0.25) is 0 Å². The van der Waals surface area contributed by atoms with E-state index in [0.29, 0.717) is 11.4 Å². The molecule has 2 aromatic heterocycles. The zero-order valence-corrected chi connectivity index (χ0v) is 12.9. The molecule has 2 heterocycles. The third-order valence-electron chi connectivity index (χ3n) is 3.21. The van der Waals surface area contributed by atoms with E-state index in [1.807, 2.05) is 17.5 Å². The molecule has 1 amide bonds. The van der Waals surface area contributed by atoms with Crippen molar-refractivity contribution in [3.8, 4) is 10.6 Å². The summed E-state index contributed by atoms with van der Waals surface area (Å²) in [6, 6.07) is 10.9. The second-order valence-corrected chi connectivity index (χ2v) is 5.75. The zero-order valence-electron chi connectivity index (χ0n) is 12.1. The van der Waals surface area contributed by atoms with Gasteiger partial charge in [-0.15, -0.1) is 11.3 Å². The molecule has 0 radical (unpaired) electrons. The van der Waals surface area contributed by atoms with Crippen molar-refractivity contribution in [1.29, 1.82) is 0 Å². The number of halogens is 1. The number of anilines is 1. The molecule has 0 aliphatic heterocycles. The second-order valence-electron chi connectivity index (χ2n) is 4.80. The fourth-order valence-electron chi connectivity index (χ4n) is 2.12. The minimum Gasteiger partial charge on any atom is -0.394 e. The number of hydrogen-bond donors (Lipinski definition) is 2. The lowest BCUT2D eigenvalue weighted by Gasteiger charge is -2.07. The molecule has 3 aromatic rings. The fourth-order valence-corrected chi connectivity index (χ4v) is 2.80. The van der Waals surface area contributed by atoms with Crippen molar-refractivity contribution in [1.82, 2.24) is 9.78 Å². The predicted molar refractivity (Wildman–Crippen MR) is 87.0 cm³/mol. The summed E-state index contributed by atoms with van der Waals surface area (Å²) in [6.45, 7) is 0.176. The smallest absolute Gasteiger partial charge is 0.256 e. The number of benzene rings is 1. The van der Waals surface area contributed by atoms with Gasteiger partial charge in [-0.2, -0.15) is 5.10 Å². The SMILES string of the molecule is O=C(Nc1cc(-c2cccs2)nn1CCO)c1ccc(F)cc1. The molecule has 1 aromatic carbocycles. The first-order valence-corrected chi connectivity index (χ1v) is 7.85. The van der Waals surface area contributed by atoms with Crippen LogP contribution in [0, 0.1) is 5.82 Å². The van der Waals surface area contributed by atoms with Crippen LogP contribution in [0.25, 0.3) is 10.6 Å². The van der Waals surface area contributed by atoms with Gasteiger partial charge in [0.2, 0.25) is 0 Å². The molecule has 0 fully saturated rings. The Bertz CT molecular complexity index is 797. The van der Waals surface area contributed by atoms with Crippen LogP contribution < -0.4 is 5.32 Å². The molecular weight excluding hydrogens is 317 g/mol. The van der Waals surface area contributed by atoms with E-state index in [0.717, 1.165) is 10.6 Å². The normalized spacial score (nSPS) is 10.7. The van der Waals surface area contributed by atoms with Gasteiger partial charge in [0.1, 0.15) is 17.3 Å². The first kappa shape index (κ1) is 15.4. The molecule has 118 valence electrons. The Morgan fingerprint density at radius 1 is 1.30 bits per heavy atom. The molecule has 23 heavy (non-hydrogen) atoms. The van der Waals surface area contributed by atoms with Gasteiger partial charge in [-0.1, -0.05) is 6.07 Å². The Morgan fingerprint density at radius 2 is 2.09 bits per heavy atom. The third kappa shape index (κ3) is 3.46. The van der Waals surface area contributed by atoms with E-state index in [2.05, 4.69) is 10.4 Å². The van der Waals surface area contributed by atoms with Gasteiger partial charge in [-0.25, -0.2) is 9.07 Å². The number of amides is 1. The van der Waals surface area contributed by atoms with Gasteiger partial charge in [0.25, 0.3) is 5.91 Å². The van der Waals surface area contributed by atoms with Crippen LogP contribution in [0.4, 0.5) is 10.2 Å². The number of aliphatic hydroxyl groups is 1. The van der Waals surface area contributed by atoms with Crippen molar-refractivity contribution < 1.29 is 14.3 Å². The summed E-state index contributed by atoms with van der Waals surface area (Å²) in [7, 11) is 0. The fraction of sp³-hybridized carbons (Fsp3) is 0.125. The average Bonchev–Trinajstić information content (AvgIpc) is 3.18. The van der Waals surface area contributed by atoms with Crippen LogP contribution in [0.1, 0.15) is 10.4 Å². The number of carbonyl (C=O) groups is 1. The molecule has 0 aliphatic rings. The van der Waals surface area contributed by atoms with Gasteiger partial charge in [-0.3, -0.25) is 4.79 Å². The highest BCUT2D eigenvalue weighted by Gasteiger charge is 2.14. The summed E-state index contributed by atoms with van der Waals surface area (Å²) in [6.07, 6.45) is 0. The standard InChI is InChI=1S/C16H14FN3O2S/c17-12-5-3-11(4-6-12)16(22)18-15-10-13(14-2-1-9-23-14)19-20(15)7-8-21/h1-6,9-10,21H,7-8H2,(H,18,22). The molecule has 0 unspecified atom stereocenters. The summed E-state index contributed by atoms with van der Waals surface area (Å²) in [5, 5.41) is 18.2. The molecule has 0 atom stereocenters. The maximum absolute atomic E-state index is 12.9. The van der Waals surface area contributed by atoms with Crippen molar-refractivity contribution in [3.05, 3.63) is 59.2 Å². The summed E-state index contributed by atoms with van der Waals surface area (Å²) in [5.41, 5.74) is 1.07. The molecule has 0 saturated carbocycles. The topological polar surface area (TPSA) is 67.2 Å². The number of hydrogen-bond acceptors (Lipinski definition) is 4. The number of thiophene rings is 1. The van der Waals surface area contributed by atoms with Crippen molar-refractivity contribution in [2.45, 2.75) is 6.54 Å². The molecule has 2 N–H and O–H groups in total. The van der Waals surface area contributed by atoms with Crippen LogP contribution >= 0.6 is 11.3 Å². The quantitative estimate of drug-likeness (QED) is 0.755. The van der Waals surface area contributed by atoms with Gasteiger partial charge in [0.05, 0.1) is 18.0 Å². The monoisotopic (exact) mass is 331 g/mol. The lowest BCUT2D eigenvalue weighted by atomic mass is 10.2. The molecule has 3 rings (SSSR count). The van der Waals surface area contributed by atoms with E-state index in [-0.39, 0.29) is 19.1 Å². The van der Waals surface area contributed by atoms with Gasteiger partial charge in [0.15, 0.2) is 0 Å². The van der Waals surface area contributed by atoms with Crippen LogP contribution in [0.15, 0.2) is 47.8 Å². The highest BCUT2D eigenvalue weighted by molar-refractivity contribution is 7.13. The van der Waals surface area contributed by atoms with Gasteiger partial charge in [-0.05, 0) is 35.7 Å². The minimum atomic E-state index is -0.396. The number of aromatic nitrogens is 2. The van der Waals surface area contributed by atoms with Crippen LogP contribution in [0.5, 0.6) is 0 Å². The van der Waals surface area contributed by atoms with Crippen molar-refractivity contribution in [2.24, 2.45) is 0 Å². The average molecular weight is 331 g/mol. The Kier molecular flexibility index (Phi) is 4.50. The summed E-state index contributed by atoms with van der Waals surface area (Å²) < 4.78 is 14.5. The zero-order chi connectivity index (χ0) is 16.2. The highest BCUT2D eigenvalue weighted by atomic mass is 32.1. The molecule has 7 heteroatoms. The first-order chi connectivity index (χ1) is 11.2. The van der Waals surface area contributed by atoms with Crippen LogP contribution in [0.3, 0.4) is 0 Å². The summed E-state index contributed by atoms with van der Waals surface area (Å²) >= 11 is 1.54. The number of nitrogens with zero attached hydrogens (tertiary/aromatic N) is 2. The lowest BCUT2D eigenvalue weighted by Crippen LogP contribution is -2.16. The van der Waals surface area contributed by atoms with E-state index >= 15 is 0 Å². The van der Waals surface area contributed by atoms with Crippen LogP contribution in [-0.4, -0.2) is 27.4 Å². The number of aliphatic hydroxyl groups excluding tert-OH is 1.